The summed E-state index contributed by atoms with van der Waals surface area (Å²) in [6.07, 6.45) is 10.9. The maximum absolute atomic E-state index is 12.8. The quantitative estimate of drug-likeness (QED) is 0.785. The molecule has 0 heterocycles. The van der Waals surface area contributed by atoms with Gasteiger partial charge in [0.05, 0.1) is 0 Å². The number of amides is 3. The molecule has 3 amide bonds. The van der Waals surface area contributed by atoms with Crippen LogP contribution in [0.5, 0.6) is 0 Å². The van der Waals surface area contributed by atoms with Crippen LogP contribution in [0.1, 0.15) is 71.1 Å². The molecule has 134 valence electrons. The molecule has 2 N–H and O–H groups in total. The molecule has 0 aromatic rings. The Morgan fingerprint density at radius 3 is 2.29 bits per heavy atom. The third-order valence-electron chi connectivity index (χ3n) is 6.21. The maximum Gasteiger partial charge on any atom is 0.318 e. The number of carbonyl (C=O) groups excluding carboxylic acids is 2. The van der Waals surface area contributed by atoms with Gasteiger partial charge in [-0.3, -0.25) is 4.79 Å². The highest BCUT2D eigenvalue weighted by atomic mass is 16.2. The zero-order valence-electron chi connectivity index (χ0n) is 14.8. The molecule has 0 aromatic heterocycles. The molecule has 0 bridgehead atoms. The molecule has 4 fully saturated rings. The topological polar surface area (TPSA) is 61.4 Å². The number of rotatable bonds is 6. The first-order chi connectivity index (χ1) is 11.6. The van der Waals surface area contributed by atoms with Gasteiger partial charge in [0.1, 0.15) is 0 Å². The maximum atomic E-state index is 12.8. The van der Waals surface area contributed by atoms with E-state index in [0.29, 0.717) is 24.0 Å². The average Bonchev–Trinajstić information content (AvgIpc) is 3.39. The molecule has 0 spiro atoms. The fraction of sp³-hybridized carbons (Fsp3) is 0.895. The predicted octanol–water partition coefficient (Wildman–Crippen LogP) is 2.80. The Morgan fingerprint density at radius 2 is 1.67 bits per heavy atom. The van der Waals surface area contributed by atoms with Crippen LogP contribution in [-0.2, 0) is 4.79 Å². The summed E-state index contributed by atoms with van der Waals surface area (Å²) >= 11 is 0. The summed E-state index contributed by atoms with van der Waals surface area (Å²) in [6.45, 7) is 2.21. The number of hydrogen-bond acceptors (Lipinski definition) is 2. The predicted molar refractivity (Wildman–Crippen MR) is 92.5 cm³/mol. The summed E-state index contributed by atoms with van der Waals surface area (Å²) in [4.78, 5) is 27.3. The van der Waals surface area contributed by atoms with Crippen molar-refractivity contribution < 1.29 is 9.59 Å². The van der Waals surface area contributed by atoms with Gasteiger partial charge in [0, 0.05) is 30.1 Å². The van der Waals surface area contributed by atoms with Crippen molar-refractivity contribution in [2.75, 3.05) is 0 Å². The van der Waals surface area contributed by atoms with E-state index in [1.807, 2.05) is 0 Å². The molecule has 4 aliphatic rings. The van der Waals surface area contributed by atoms with Crippen molar-refractivity contribution in [3.05, 3.63) is 0 Å². The Labute approximate surface area is 144 Å². The first kappa shape index (κ1) is 16.2. The lowest BCUT2D eigenvalue weighted by molar-refractivity contribution is -0.126. The fourth-order valence-corrected chi connectivity index (χ4v) is 4.20. The largest absolute Gasteiger partial charge is 0.353 e. The zero-order valence-corrected chi connectivity index (χ0v) is 14.8. The van der Waals surface area contributed by atoms with Crippen molar-refractivity contribution in [3.63, 3.8) is 0 Å². The highest BCUT2D eigenvalue weighted by Gasteiger charge is 2.42. The molecule has 0 aromatic carbocycles. The van der Waals surface area contributed by atoms with Crippen molar-refractivity contribution in [1.29, 1.82) is 0 Å². The zero-order chi connectivity index (χ0) is 16.7. The van der Waals surface area contributed by atoms with Gasteiger partial charge in [-0.25, -0.2) is 4.79 Å². The van der Waals surface area contributed by atoms with E-state index in [1.165, 1.54) is 12.8 Å². The fourth-order valence-electron chi connectivity index (χ4n) is 4.20. The monoisotopic (exact) mass is 333 g/mol. The Hall–Kier alpha value is -1.26. The van der Waals surface area contributed by atoms with E-state index in [2.05, 4.69) is 22.5 Å². The Morgan fingerprint density at radius 1 is 0.917 bits per heavy atom. The van der Waals surface area contributed by atoms with Crippen molar-refractivity contribution in [2.24, 2.45) is 11.8 Å². The standard InChI is InChI=1S/C19H31N3O2/c1-12(13-5-6-13)22(17-9-10-17)19(24)21-16-4-2-3-14(11-16)18(23)20-15-7-8-15/h12-17H,2-11H2,1H3,(H,20,23)(H,21,24)/t12-,14+,16-/m1/s1. The molecule has 0 aliphatic heterocycles. The highest BCUT2D eigenvalue weighted by molar-refractivity contribution is 5.80. The Balaban J connectivity index is 1.31. The van der Waals surface area contributed by atoms with E-state index < -0.39 is 0 Å². The van der Waals surface area contributed by atoms with Crippen LogP contribution in [0.2, 0.25) is 0 Å². The summed E-state index contributed by atoms with van der Waals surface area (Å²) in [5.74, 6) is 1.00. The van der Waals surface area contributed by atoms with Crippen LogP contribution >= 0.6 is 0 Å². The summed E-state index contributed by atoms with van der Waals surface area (Å²) in [6, 6.07) is 1.53. The molecule has 0 saturated heterocycles. The third kappa shape index (κ3) is 3.86. The Bertz CT molecular complexity index is 497. The molecule has 0 unspecified atom stereocenters. The van der Waals surface area contributed by atoms with E-state index in [9.17, 15) is 9.59 Å². The first-order valence-corrected chi connectivity index (χ1v) is 10.0. The van der Waals surface area contributed by atoms with E-state index in [4.69, 9.17) is 0 Å². The molecule has 4 rings (SSSR count). The summed E-state index contributed by atoms with van der Waals surface area (Å²) in [7, 11) is 0. The van der Waals surface area contributed by atoms with Crippen LogP contribution in [-0.4, -0.2) is 41.0 Å². The highest BCUT2D eigenvalue weighted by Crippen LogP contribution is 2.40. The second-order valence-electron chi connectivity index (χ2n) is 8.51. The second kappa shape index (κ2) is 6.57. The first-order valence-electron chi connectivity index (χ1n) is 10.0. The normalized spacial score (nSPS) is 31.2. The molecule has 5 heteroatoms. The van der Waals surface area contributed by atoms with E-state index in [1.54, 1.807) is 0 Å². The van der Waals surface area contributed by atoms with Gasteiger partial charge < -0.3 is 15.5 Å². The molecular weight excluding hydrogens is 302 g/mol. The van der Waals surface area contributed by atoms with Crippen molar-refractivity contribution >= 4 is 11.9 Å². The lowest BCUT2D eigenvalue weighted by Gasteiger charge is -2.34. The summed E-state index contributed by atoms with van der Waals surface area (Å²) in [5.41, 5.74) is 0. The van der Waals surface area contributed by atoms with Crippen LogP contribution in [0.15, 0.2) is 0 Å². The van der Waals surface area contributed by atoms with Gasteiger partial charge in [0.2, 0.25) is 5.91 Å². The van der Waals surface area contributed by atoms with Crippen LogP contribution in [0, 0.1) is 11.8 Å². The van der Waals surface area contributed by atoms with Crippen LogP contribution in [0.3, 0.4) is 0 Å². The minimum absolute atomic E-state index is 0.0832. The van der Waals surface area contributed by atoms with Gasteiger partial charge in [0.15, 0.2) is 0 Å². The smallest absolute Gasteiger partial charge is 0.318 e. The second-order valence-corrected chi connectivity index (χ2v) is 8.51. The molecular formula is C19H31N3O2. The minimum atomic E-state index is 0.0832. The van der Waals surface area contributed by atoms with Gasteiger partial charge >= 0.3 is 6.03 Å². The SMILES string of the molecule is C[C@H](C1CC1)N(C(=O)N[C@@H]1CCC[C@H](C(=O)NC2CC2)C1)C1CC1. The molecule has 24 heavy (non-hydrogen) atoms. The lowest BCUT2D eigenvalue weighted by atomic mass is 9.85. The molecule has 4 aliphatic carbocycles. The van der Waals surface area contributed by atoms with Crippen LogP contribution in [0.4, 0.5) is 4.79 Å². The minimum Gasteiger partial charge on any atom is -0.353 e. The molecule has 4 saturated carbocycles. The van der Waals surface area contributed by atoms with Gasteiger partial charge in [-0.15, -0.1) is 0 Å². The third-order valence-corrected chi connectivity index (χ3v) is 6.21. The van der Waals surface area contributed by atoms with Gasteiger partial charge in [-0.05, 0) is 70.6 Å². The van der Waals surface area contributed by atoms with Crippen molar-refractivity contribution in [1.82, 2.24) is 15.5 Å². The number of carbonyl (C=O) groups is 2. The molecule has 3 atom stereocenters. The summed E-state index contributed by atoms with van der Waals surface area (Å²) in [5, 5.41) is 6.39. The number of nitrogens with one attached hydrogen (secondary N) is 2. The van der Waals surface area contributed by atoms with E-state index in [-0.39, 0.29) is 23.9 Å². The van der Waals surface area contributed by atoms with Crippen LogP contribution < -0.4 is 10.6 Å². The number of hydrogen-bond donors (Lipinski definition) is 2. The van der Waals surface area contributed by atoms with Crippen molar-refractivity contribution in [3.8, 4) is 0 Å². The van der Waals surface area contributed by atoms with E-state index >= 15 is 0 Å². The average molecular weight is 333 g/mol. The van der Waals surface area contributed by atoms with Crippen molar-refractivity contribution in [2.45, 2.75) is 95.3 Å². The van der Waals surface area contributed by atoms with Gasteiger partial charge in [-0.1, -0.05) is 6.42 Å². The lowest BCUT2D eigenvalue weighted by Crippen LogP contribution is -2.51. The van der Waals surface area contributed by atoms with E-state index in [0.717, 1.165) is 51.4 Å². The van der Waals surface area contributed by atoms with Crippen LogP contribution in [0.25, 0.3) is 0 Å². The molecule has 5 nitrogen and oxygen atoms in total. The number of urea groups is 1. The molecule has 0 radical (unpaired) electrons. The van der Waals surface area contributed by atoms with Gasteiger partial charge in [0.25, 0.3) is 0 Å². The Kier molecular flexibility index (Phi) is 4.44. The van der Waals surface area contributed by atoms with Gasteiger partial charge in [-0.2, -0.15) is 0 Å². The summed E-state index contributed by atoms with van der Waals surface area (Å²) < 4.78 is 0. The number of nitrogens with zero attached hydrogens (tertiary/aromatic N) is 1.